The summed E-state index contributed by atoms with van der Waals surface area (Å²) in [6, 6.07) is 3.11. The van der Waals surface area contributed by atoms with Gasteiger partial charge in [-0.2, -0.15) is 21.0 Å². The fraction of sp³-hybridized carbons (Fsp3) is 0.571. The van der Waals surface area contributed by atoms with Crippen LogP contribution in [0.4, 0.5) is 0 Å². The third-order valence-corrected chi connectivity index (χ3v) is 6.85. The second kappa shape index (κ2) is 5.28. The predicted molar refractivity (Wildman–Crippen MR) is 81.8 cm³/mol. The maximum Gasteiger partial charge on any atom is 0.285 e. The number of pyridine rings is 1. The Morgan fingerprint density at radius 3 is 2.62 bits per heavy atom. The highest BCUT2D eigenvalue weighted by Crippen LogP contribution is 2.40. The smallest absolute Gasteiger partial charge is 0.268 e. The molecule has 1 aliphatic carbocycles. The Hall–Kier alpha value is -1.08. The van der Waals surface area contributed by atoms with Gasteiger partial charge >= 0.3 is 0 Å². The zero-order valence-corrected chi connectivity index (χ0v) is 13.4. The molecule has 3 rings (SSSR count). The summed E-state index contributed by atoms with van der Waals surface area (Å²) in [6.07, 6.45) is 6.53. The van der Waals surface area contributed by atoms with Crippen LogP contribution in [0.3, 0.4) is 0 Å². The molecule has 2 heterocycles. The molecular weight excluding hydrogens is 308 g/mol. The zero-order valence-electron chi connectivity index (χ0n) is 11.7. The summed E-state index contributed by atoms with van der Waals surface area (Å²) < 4.78 is 26.1. The molecule has 21 heavy (non-hydrogen) atoms. The zero-order chi connectivity index (χ0) is 15.1. The van der Waals surface area contributed by atoms with Gasteiger partial charge in [0.1, 0.15) is 0 Å². The van der Waals surface area contributed by atoms with Gasteiger partial charge < -0.3 is 0 Å². The standard InChI is InChI=1S/C14H18N2O3S2/c17-13-11-5-4-8-15-12(11)21(18,19)16(13)9-14(10-20)6-2-1-3-7-14/h4-5,8,20H,1-3,6-7,9-10H2. The molecule has 0 spiro atoms. The van der Waals surface area contributed by atoms with Gasteiger partial charge in [-0.25, -0.2) is 9.29 Å². The van der Waals surface area contributed by atoms with Crippen LogP contribution in [-0.2, 0) is 10.0 Å². The minimum absolute atomic E-state index is 0.111. The van der Waals surface area contributed by atoms with Gasteiger partial charge in [0.25, 0.3) is 15.9 Å². The molecule has 2 aliphatic rings. The van der Waals surface area contributed by atoms with Crippen LogP contribution >= 0.6 is 12.6 Å². The predicted octanol–water partition coefficient (Wildman–Crippen LogP) is 2.11. The Kier molecular flexibility index (Phi) is 3.73. The number of nitrogens with zero attached hydrogens (tertiary/aromatic N) is 2. The van der Waals surface area contributed by atoms with Crippen molar-refractivity contribution in [3.63, 3.8) is 0 Å². The molecule has 5 nitrogen and oxygen atoms in total. The van der Waals surface area contributed by atoms with Crippen molar-refractivity contribution in [2.24, 2.45) is 5.41 Å². The van der Waals surface area contributed by atoms with E-state index in [4.69, 9.17) is 0 Å². The van der Waals surface area contributed by atoms with E-state index in [2.05, 4.69) is 17.6 Å². The summed E-state index contributed by atoms with van der Waals surface area (Å²) in [5, 5.41) is -0.111. The van der Waals surface area contributed by atoms with Gasteiger partial charge in [0.15, 0.2) is 5.03 Å². The lowest BCUT2D eigenvalue weighted by molar-refractivity contribution is 0.0801. The number of thiol groups is 1. The van der Waals surface area contributed by atoms with E-state index in [1.54, 1.807) is 6.07 Å². The van der Waals surface area contributed by atoms with E-state index in [0.29, 0.717) is 5.75 Å². The summed E-state index contributed by atoms with van der Waals surface area (Å²) >= 11 is 4.42. The first-order valence-electron chi connectivity index (χ1n) is 7.13. The van der Waals surface area contributed by atoms with E-state index < -0.39 is 15.9 Å². The van der Waals surface area contributed by atoms with E-state index in [9.17, 15) is 13.2 Å². The van der Waals surface area contributed by atoms with Crippen molar-refractivity contribution in [3.05, 3.63) is 23.9 Å². The third-order valence-electron chi connectivity index (χ3n) is 4.49. The largest absolute Gasteiger partial charge is 0.285 e. The Bertz CT molecular complexity index is 667. The highest BCUT2D eigenvalue weighted by molar-refractivity contribution is 7.90. The number of hydrogen-bond donors (Lipinski definition) is 1. The van der Waals surface area contributed by atoms with Gasteiger partial charge in [-0.05, 0) is 36.1 Å². The number of sulfonamides is 1. The van der Waals surface area contributed by atoms with Crippen LogP contribution in [0.5, 0.6) is 0 Å². The van der Waals surface area contributed by atoms with Crippen molar-refractivity contribution in [1.82, 2.24) is 9.29 Å². The van der Waals surface area contributed by atoms with Crippen LogP contribution in [0, 0.1) is 5.41 Å². The fourth-order valence-corrected chi connectivity index (χ4v) is 5.25. The van der Waals surface area contributed by atoms with Crippen molar-refractivity contribution < 1.29 is 13.2 Å². The second-order valence-electron chi connectivity index (χ2n) is 5.89. The van der Waals surface area contributed by atoms with E-state index in [-0.39, 0.29) is 22.5 Å². The van der Waals surface area contributed by atoms with Gasteiger partial charge in [0, 0.05) is 12.7 Å². The highest BCUT2D eigenvalue weighted by Gasteiger charge is 2.46. The van der Waals surface area contributed by atoms with E-state index in [0.717, 1.165) is 36.4 Å². The second-order valence-corrected chi connectivity index (χ2v) is 7.99. The third kappa shape index (κ3) is 2.36. The molecule has 0 unspecified atom stereocenters. The summed E-state index contributed by atoms with van der Waals surface area (Å²) in [6.45, 7) is 0.216. The number of hydrogen-bond acceptors (Lipinski definition) is 5. The molecule has 1 aromatic rings. The number of aromatic nitrogens is 1. The monoisotopic (exact) mass is 326 g/mol. The highest BCUT2D eigenvalue weighted by atomic mass is 32.2. The minimum atomic E-state index is -3.80. The van der Waals surface area contributed by atoms with E-state index in [1.165, 1.54) is 12.3 Å². The molecule has 0 radical (unpaired) electrons. The van der Waals surface area contributed by atoms with Crippen LogP contribution in [0.25, 0.3) is 0 Å². The minimum Gasteiger partial charge on any atom is -0.268 e. The molecule has 0 saturated heterocycles. The SMILES string of the molecule is O=C1c2cccnc2S(=O)(=O)N1CC1(CS)CCCCC1. The molecule has 0 bridgehead atoms. The molecule has 0 N–H and O–H groups in total. The van der Waals surface area contributed by atoms with Gasteiger partial charge in [-0.15, -0.1) is 0 Å². The Labute approximate surface area is 130 Å². The van der Waals surface area contributed by atoms with Gasteiger partial charge in [0.05, 0.1) is 5.56 Å². The molecule has 1 saturated carbocycles. The average molecular weight is 326 g/mol. The average Bonchev–Trinajstić information content (AvgIpc) is 2.70. The van der Waals surface area contributed by atoms with Crippen LogP contribution in [0.15, 0.2) is 23.4 Å². The normalized spacial score (nSPS) is 23.1. The first-order chi connectivity index (χ1) is 10.0. The first-order valence-corrected chi connectivity index (χ1v) is 9.20. The molecule has 0 aromatic carbocycles. The van der Waals surface area contributed by atoms with Crippen molar-refractivity contribution in [2.45, 2.75) is 37.1 Å². The Balaban J connectivity index is 1.95. The van der Waals surface area contributed by atoms with Crippen molar-refractivity contribution in [2.75, 3.05) is 12.3 Å². The number of carbonyl (C=O) groups excluding carboxylic acids is 1. The summed E-state index contributed by atoms with van der Waals surface area (Å²) in [7, 11) is -3.80. The lowest BCUT2D eigenvalue weighted by atomic mass is 9.75. The first kappa shape index (κ1) is 14.8. The van der Waals surface area contributed by atoms with E-state index in [1.807, 2.05) is 0 Å². The topological polar surface area (TPSA) is 67.3 Å². The molecule has 7 heteroatoms. The number of amides is 1. The maximum absolute atomic E-state index is 12.5. The number of fused-ring (bicyclic) bond motifs is 1. The molecule has 114 valence electrons. The van der Waals surface area contributed by atoms with Crippen LogP contribution in [0.2, 0.25) is 0 Å². The van der Waals surface area contributed by atoms with Crippen LogP contribution in [0.1, 0.15) is 42.5 Å². The number of carbonyl (C=O) groups is 1. The molecular formula is C14H18N2O3S2. The molecule has 1 amide bonds. The van der Waals surface area contributed by atoms with Gasteiger partial charge in [-0.3, -0.25) is 4.79 Å². The lowest BCUT2D eigenvalue weighted by Gasteiger charge is -2.38. The quantitative estimate of drug-likeness (QED) is 0.864. The van der Waals surface area contributed by atoms with Gasteiger partial charge in [-0.1, -0.05) is 19.3 Å². The maximum atomic E-state index is 12.5. The summed E-state index contributed by atoms with van der Waals surface area (Å²) in [4.78, 5) is 16.3. The van der Waals surface area contributed by atoms with Crippen molar-refractivity contribution >= 4 is 28.6 Å². The van der Waals surface area contributed by atoms with Crippen LogP contribution < -0.4 is 0 Å². The number of rotatable bonds is 3. The van der Waals surface area contributed by atoms with Crippen LogP contribution in [-0.4, -0.2) is 35.9 Å². The molecule has 0 atom stereocenters. The molecule has 1 aromatic heterocycles. The Morgan fingerprint density at radius 1 is 1.29 bits per heavy atom. The lowest BCUT2D eigenvalue weighted by Crippen LogP contribution is -2.43. The summed E-state index contributed by atoms with van der Waals surface area (Å²) in [5.41, 5.74) is -0.0193. The summed E-state index contributed by atoms with van der Waals surface area (Å²) in [5.74, 6) is 0.139. The fourth-order valence-electron chi connectivity index (χ4n) is 3.24. The van der Waals surface area contributed by atoms with Crippen molar-refractivity contribution in [1.29, 1.82) is 0 Å². The molecule has 1 fully saturated rings. The molecule has 1 aliphatic heterocycles. The van der Waals surface area contributed by atoms with Crippen molar-refractivity contribution in [3.8, 4) is 0 Å². The van der Waals surface area contributed by atoms with E-state index >= 15 is 0 Å². The Morgan fingerprint density at radius 2 is 2.00 bits per heavy atom. The van der Waals surface area contributed by atoms with Gasteiger partial charge in [0.2, 0.25) is 0 Å².